The van der Waals surface area contributed by atoms with Crippen molar-refractivity contribution in [1.82, 2.24) is 4.72 Å². The number of carbonyl (C=O) groups is 1. The Morgan fingerprint density at radius 1 is 1.25 bits per heavy atom. The molecule has 0 bridgehead atoms. The monoisotopic (exact) mass is 409 g/mol. The lowest BCUT2D eigenvalue weighted by Crippen LogP contribution is -2.36. The number of nitro groups is 1. The van der Waals surface area contributed by atoms with Gasteiger partial charge in [0.1, 0.15) is 0 Å². The lowest BCUT2D eigenvalue weighted by molar-refractivity contribution is -0.428. The molecular formula is C18H23N3O6S. The molecular weight excluding hydrogens is 386 g/mol. The van der Waals surface area contributed by atoms with Crippen molar-refractivity contribution in [2.45, 2.75) is 31.8 Å². The SMILES string of the molecule is NC(=O)[C@@H](Cc1ccccc1)C[C@H](O)CNS(=O)(=O)C1=CC=C([N+](=O)[O-])CC1. The highest BCUT2D eigenvalue weighted by Crippen LogP contribution is 2.22. The number of nitrogens with one attached hydrogen (secondary N) is 1. The maximum Gasteiger partial charge on any atom is 0.246 e. The van der Waals surface area contributed by atoms with Crippen LogP contribution in [0.4, 0.5) is 0 Å². The van der Waals surface area contributed by atoms with Crippen LogP contribution in [-0.2, 0) is 21.2 Å². The first kappa shape index (κ1) is 21.7. The Kier molecular flexibility index (Phi) is 7.44. The third kappa shape index (κ3) is 6.25. The third-order valence-electron chi connectivity index (χ3n) is 4.46. The molecule has 0 unspecified atom stereocenters. The zero-order valence-electron chi connectivity index (χ0n) is 15.2. The van der Waals surface area contributed by atoms with Gasteiger partial charge in [-0.3, -0.25) is 14.9 Å². The molecule has 2 rings (SSSR count). The Hall–Kier alpha value is -2.56. The molecule has 0 spiro atoms. The average molecular weight is 409 g/mol. The molecule has 1 amide bonds. The Morgan fingerprint density at radius 3 is 2.46 bits per heavy atom. The van der Waals surface area contributed by atoms with Crippen LogP contribution in [0.2, 0.25) is 0 Å². The quantitative estimate of drug-likeness (QED) is 0.384. The van der Waals surface area contributed by atoms with Crippen molar-refractivity contribution in [3.63, 3.8) is 0 Å². The summed E-state index contributed by atoms with van der Waals surface area (Å²) in [5, 5.41) is 20.9. The zero-order valence-corrected chi connectivity index (χ0v) is 16.0. The number of nitrogens with zero attached hydrogens (tertiary/aromatic N) is 1. The van der Waals surface area contributed by atoms with E-state index in [1.54, 1.807) is 0 Å². The maximum atomic E-state index is 12.3. The number of amides is 1. The molecule has 1 aliphatic carbocycles. The number of benzene rings is 1. The van der Waals surface area contributed by atoms with Crippen LogP contribution < -0.4 is 10.5 Å². The largest absolute Gasteiger partial charge is 0.392 e. The first-order valence-corrected chi connectivity index (χ1v) is 10.2. The van der Waals surface area contributed by atoms with E-state index in [2.05, 4.69) is 4.72 Å². The third-order valence-corrected chi connectivity index (χ3v) is 6.04. The van der Waals surface area contributed by atoms with Gasteiger partial charge in [0, 0.05) is 25.0 Å². The number of hydrogen-bond donors (Lipinski definition) is 3. The number of primary amides is 1. The van der Waals surface area contributed by atoms with Gasteiger partial charge in [-0.25, -0.2) is 13.1 Å². The van der Waals surface area contributed by atoms with E-state index < -0.39 is 32.9 Å². The summed E-state index contributed by atoms with van der Waals surface area (Å²) >= 11 is 0. The first-order valence-electron chi connectivity index (χ1n) is 8.74. The van der Waals surface area contributed by atoms with Crippen LogP contribution in [0.5, 0.6) is 0 Å². The Morgan fingerprint density at radius 2 is 1.93 bits per heavy atom. The topological polar surface area (TPSA) is 153 Å². The highest BCUT2D eigenvalue weighted by atomic mass is 32.2. The van der Waals surface area contributed by atoms with E-state index in [9.17, 15) is 28.4 Å². The molecule has 1 aliphatic rings. The molecule has 1 aromatic carbocycles. The van der Waals surface area contributed by atoms with Crippen molar-refractivity contribution in [3.05, 3.63) is 68.8 Å². The van der Waals surface area contributed by atoms with Crippen LogP contribution in [0.1, 0.15) is 24.8 Å². The summed E-state index contributed by atoms with van der Waals surface area (Å²) in [5.41, 5.74) is 6.25. The fourth-order valence-corrected chi connectivity index (χ4v) is 4.11. The highest BCUT2D eigenvalue weighted by Gasteiger charge is 2.26. The maximum absolute atomic E-state index is 12.3. The molecule has 0 aromatic heterocycles. The van der Waals surface area contributed by atoms with Crippen LogP contribution in [0.25, 0.3) is 0 Å². The van der Waals surface area contributed by atoms with Gasteiger partial charge in [-0.15, -0.1) is 0 Å². The van der Waals surface area contributed by atoms with Gasteiger partial charge in [0.25, 0.3) is 0 Å². The number of allylic oxidation sites excluding steroid dienone is 4. The summed E-state index contributed by atoms with van der Waals surface area (Å²) in [6.07, 6.45) is 1.64. The summed E-state index contributed by atoms with van der Waals surface area (Å²) in [6.45, 7) is -0.288. The van der Waals surface area contributed by atoms with Crippen molar-refractivity contribution >= 4 is 15.9 Å². The van der Waals surface area contributed by atoms with Crippen molar-refractivity contribution in [1.29, 1.82) is 0 Å². The second-order valence-electron chi connectivity index (χ2n) is 6.58. The van der Waals surface area contributed by atoms with Crippen molar-refractivity contribution in [2.75, 3.05) is 6.54 Å². The molecule has 10 heteroatoms. The van der Waals surface area contributed by atoms with Gasteiger partial charge in [0.05, 0.1) is 15.9 Å². The molecule has 2 atom stereocenters. The number of nitrogens with two attached hydrogens (primary N) is 1. The minimum Gasteiger partial charge on any atom is -0.392 e. The Labute approximate surface area is 163 Å². The van der Waals surface area contributed by atoms with E-state index in [1.807, 2.05) is 30.3 Å². The van der Waals surface area contributed by atoms with Gasteiger partial charge in [0.15, 0.2) is 0 Å². The standard InChI is InChI=1S/C18H23N3O6S/c19-18(23)14(10-13-4-2-1-3-5-13)11-16(22)12-20-28(26,27)17-8-6-15(7-9-17)21(24)25/h1-6,8,14,16,20,22H,7,9-12H2,(H2,19,23)/t14-,16-/m0/s1. The van der Waals surface area contributed by atoms with Crippen molar-refractivity contribution in [2.24, 2.45) is 11.7 Å². The van der Waals surface area contributed by atoms with Crippen LogP contribution in [0.3, 0.4) is 0 Å². The summed E-state index contributed by atoms with van der Waals surface area (Å²) in [6, 6.07) is 9.18. The van der Waals surface area contributed by atoms with Gasteiger partial charge < -0.3 is 10.8 Å². The number of rotatable bonds is 10. The number of sulfonamides is 1. The fraction of sp³-hybridized carbons (Fsp3) is 0.389. The van der Waals surface area contributed by atoms with Gasteiger partial charge in [0.2, 0.25) is 21.6 Å². The van der Waals surface area contributed by atoms with E-state index in [0.29, 0.717) is 6.42 Å². The van der Waals surface area contributed by atoms with E-state index in [0.717, 1.165) is 11.6 Å². The molecule has 1 aromatic rings. The Balaban J connectivity index is 1.93. The van der Waals surface area contributed by atoms with E-state index in [1.165, 1.54) is 6.08 Å². The van der Waals surface area contributed by atoms with E-state index >= 15 is 0 Å². The molecule has 9 nitrogen and oxygen atoms in total. The lowest BCUT2D eigenvalue weighted by atomic mass is 9.93. The van der Waals surface area contributed by atoms with Crippen molar-refractivity contribution < 1.29 is 23.2 Å². The molecule has 0 saturated heterocycles. The molecule has 0 radical (unpaired) electrons. The minimum atomic E-state index is -3.87. The molecule has 0 fully saturated rings. The number of aliphatic hydroxyl groups excluding tert-OH is 1. The summed E-state index contributed by atoms with van der Waals surface area (Å²) < 4.78 is 26.9. The van der Waals surface area contributed by atoms with E-state index in [4.69, 9.17) is 5.73 Å². The second kappa shape index (κ2) is 9.58. The van der Waals surface area contributed by atoms with Crippen LogP contribution in [0, 0.1) is 16.0 Å². The number of hydrogen-bond acceptors (Lipinski definition) is 6. The fourth-order valence-electron chi connectivity index (χ4n) is 2.89. The smallest absolute Gasteiger partial charge is 0.246 e. The first-order chi connectivity index (χ1) is 13.2. The molecule has 0 saturated carbocycles. The van der Waals surface area contributed by atoms with Gasteiger partial charge in [-0.05, 0) is 30.9 Å². The zero-order chi connectivity index (χ0) is 20.7. The summed E-state index contributed by atoms with van der Waals surface area (Å²) in [5.74, 6) is -1.21. The van der Waals surface area contributed by atoms with Crippen LogP contribution >= 0.6 is 0 Å². The van der Waals surface area contributed by atoms with Gasteiger partial charge >= 0.3 is 0 Å². The summed E-state index contributed by atoms with van der Waals surface area (Å²) in [7, 11) is -3.87. The summed E-state index contributed by atoms with van der Waals surface area (Å²) in [4.78, 5) is 21.8. The highest BCUT2D eigenvalue weighted by molar-refractivity contribution is 7.93. The molecule has 0 aliphatic heterocycles. The normalized spacial score (nSPS) is 16.6. The van der Waals surface area contributed by atoms with Crippen molar-refractivity contribution in [3.8, 4) is 0 Å². The Bertz CT molecular complexity index is 880. The predicted molar refractivity (Wildman–Crippen MR) is 103 cm³/mol. The van der Waals surface area contributed by atoms with Gasteiger partial charge in [-0.1, -0.05) is 30.3 Å². The molecule has 152 valence electrons. The van der Waals surface area contributed by atoms with Gasteiger partial charge in [-0.2, -0.15) is 0 Å². The number of carbonyl (C=O) groups excluding carboxylic acids is 1. The molecule has 4 N–H and O–H groups in total. The lowest BCUT2D eigenvalue weighted by Gasteiger charge is -2.19. The van der Waals surface area contributed by atoms with E-state index in [-0.39, 0.29) is 36.4 Å². The molecule has 0 heterocycles. The minimum absolute atomic E-state index is 0.0101. The number of aliphatic hydroxyl groups is 1. The van der Waals surface area contributed by atoms with Crippen LogP contribution in [0.15, 0.2) is 53.1 Å². The predicted octanol–water partition coefficient (Wildman–Crippen LogP) is 0.839. The second-order valence-corrected chi connectivity index (χ2v) is 8.40. The van der Waals surface area contributed by atoms with Crippen LogP contribution in [-0.4, -0.2) is 37.0 Å². The average Bonchev–Trinajstić information content (AvgIpc) is 2.67. The molecule has 28 heavy (non-hydrogen) atoms.